The number of nitrogens with zero attached hydrogens (tertiary/aromatic N) is 2. The van der Waals surface area contributed by atoms with Crippen molar-refractivity contribution in [2.45, 2.75) is 31.6 Å². The fourth-order valence-corrected chi connectivity index (χ4v) is 5.52. The molecule has 5 nitrogen and oxygen atoms in total. The van der Waals surface area contributed by atoms with Crippen LogP contribution in [0.5, 0.6) is 5.75 Å². The van der Waals surface area contributed by atoms with Gasteiger partial charge in [-0.1, -0.05) is 83.5 Å². The van der Waals surface area contributed by atoms with Gasteiger partial charge in [0.1, 0.15) is 5.75 Å². The van der Waals surface area contributed by atoms with Gasteiger partial charge in [0, 0.05) is 16.5 Å². The van der Waals surface area contributed by atoms with E-state index in [0.717, 1.165) is 11.1 Å². The molecule has 36 heavy (non-hydrogen) atoms. The molecule has 0 spiro atoms. The van der Waals surface area contributed by atoms with Crippen LogP contribution in [-0.2, 0) is 10.5 Å². The van der Waals surface area contributed by atoms with Crippen LogP contribution in [0.3, 0.4) is 0 Å². The van der Waals surface area contributed by atoms with E-state index in [4.69, 9.17) is 27.9 Å². The molecule has 4 rings (SSSR count). The number of aliphatic imine (C=N–C) groups is 1. The number of ether oxygens (including phenoxy) is 1. The van der Waals surface area contributed by atoms with Gasteiger partial charge >= 0.3 is 0 Å². The zero-order valence-electron chi connectivity index (χ0n) is 20.3. The molecule has 0 aliphatic carbocycles. The number of allylic oxidation sites excluding steroid dienone is 1. The number of hydrogen-bond donors (Lipinski definition) is 1. The quantitative estimate of drug-likeness (QED) is 0.351. The first-order valence-electron chi connectivity index (χ1n) is 11.5. The number of halogens is 1. The predicted octanol–water partition coefficient (Wildman–Crippen LogP) is 7.29. The summed E-state index contributed by atoms with van der Waals surface area (Å²) in [6.45, 7) is 12.0. The molecule has 0 fully saturated rings. The highest BCUT2D eigenvalue weighted by atomic mass is 35.5. The van der Waals surface area contributed by atoms with Gasteiger partial charge in [-0.25, -0.2) is 11.6 Å². The van der Waals surface area contributed by atoms with E-state index >= 15 is 0 Å². The molecule has 0 bridgehead atoms. The molecule has 1 amide bonds. The number of nitrogens with one attached hydrogen (secondary N) is 1. The van der Waals surface area contributed by atoms with Crippen molar-refractivity contribution in [3.05, 3.63) is 117 Å². The molecular formula is C29H26ClN3O2S. The maximum absolute atomic E-state index is 13.7. The Kier molecular flexibility index (Phi) is 8.14. The van der Waals surface area contributed by atoms with Gasteiger partial charge in [0.2, 0.25) is 0 Å². The number of carbonyl (C=O) groups excluding carboxylic acids is 1. The summed E-state index contributed by atoms with van der Waals surface area (Å²) in [5.41, 5.74) is 4.61. The van der Waals surface area contributed by atoms with E-state index in [-0.39, 0.29) is 5.91 Å². The minimum atomic E-state index is -0.678. The molecule has 2 atom stereocenters. The molecule has 7 heteroatoms. The van der Waals surface area contributed by atoms with Gasteiger partial charge in [-0.15, -0.1) is 0 Å². The Hall–Kier alpha value is -3.53. The number of amides is 1. The summed E-state index contributed by atoms with van der Waals surface area (Å²) in [7, 11) is 1.56. The normalized spacial score (nSPS) is 17.2. The zero-order chi connectivity index (χ0) is 25.7. The molecule has 1 N–H and O–H groups in total. The lowest BCUT2D eigenvalue weighted by atomic mass is 9.82. The van der Waals surface area contributed by atoms with Gasteiger partial charge in [-0.05, 0) is 43.2 Å². The van der Waals surface area contributed by atoms with Gasteiger partial charge in [0.05, 0.1) is 24.3 Å². The smallest absolute Gasteiger partial charge is 0.282 e. The highest BCUT2D eigenvalue weighted by Crippen LogP contribution is 2.42. The number of aryl methyl sites for hydroxylation is 1. The Balaban J connectivity index is 1.74. The van der Waals surface area contributed by atoms with E-state index in [2.05, 4.69) is 41.4 Å². The SMILES string of the molecule is [C-]#[N+]C1C(SCc2ccc(C)cc2)=NC(C)=C(C(=O)Nc2ccccc2OC)C1c1ccccc1Cl. The number of benzene rings is 3. The molecule has 1 aliphatic rings. The summed E-state index contributed by atoms with van der Waals surface area (Å²) in [6, 6.07) is 22.2. The average molecular weight is 516 g/mol. The lowest BCUT2D eigenvalue weighted by Crippen LogP contribution is -2.34. The van der Waals surface area contributed by atoms with Crippen LogP contribution in [0.25, 0.3) is 4.85 Å². The lowest BCUT2D eigenvalue weighted by Gasteiger charge is -2.28. The average Bonchev–Trinajstić information content (AvgIpc) is 2.88. The minimum absolute atomic E-state index is 0.332. The highest BCUT2D eigenvalue weighted by Gasteiger charge is 2.43. The first-order chi connectivity index (χ1) is 17.4. The van der Waals surface area contributed by atoms with Crippen molar-refractivity contribution in [1.29, 1.82) is 0 Å². The fraction of sp³-hybridized carbons (Fsp3) is 0.207. The summed E-state index contributed by atoms with van der Waals surface area (Å²) in [6.07, 6.45) is 0. The van der Waals surface area contributed by atoms with Gasteiger partial charge in [0.15, 0.2) is 5.04 Å². The van der Waals surface area contributed by atoms with Crippen LogP contribution in [0, 0.1) is 13.5 Å². The molecule has 1 aliphatic heterocycles. The van der Waals surface area contributed by atoms with Gasteiger partial charge < -0.3 is 14.9 Å². The molecule has 0 saturated heterocycles. The van der Waals surface area contributed by atoms with E-state index in [9.17, 15) is 4.79 Å². The first-order valence-corrected chi connectivity index (χ1v) is 12.8. The standard InChI is InChI=1S/C29H26ClN3O2S/c1-18-13-15-20(16-14-18)17-36-29-27(31-3)26(21-9-5-6-10-22(21)30)25(19(2)32-29)28(34)33-23-11-7-8-12-24(23)35-4/h5-16,26-27H,17H2,1-2,4H3,(H,33,34). The van der Waals surface area contributed by atoms with Crippen molar-refractivity contribution in [2.75, 3.05) is 12.4 Å². The van der Waals surface area contributed by atoms with Crippen LogP contribution in [0.4, 0.5) is 5.69 Å². The first kappa shape index (κ1) is 25.6. The molecule has 1 heterocycles. The molecule has 0 saturated carbocycles. The van der Waals surface area contributed by atoms with E-state index < -0.39 is 12.0 Å². The van der Waals surface area contributed by atoms with Crippen molar-refractivity contribution in [1.82, 2.24) is 0 Å². The van der Waals surface area contributed by atoms with E-state index in [1.165, 1.54) is 17.3 Å². The van der Waals surface area contributed by atoms with Crippen LogP contribution < -0.4 is 10.1 Å². The topological polar surface area (TPSA) is 55.0 Å². The number of rotatable bonds is 6. The van der Waals surface area contributed by atoms with Crippen molar-refractivity contribution in [2.24, 2.45) is 4.99 Å². The third kappa shape index (κ3) is 5.48. The summed E-state index contributed by atoms with van der Waals surface area (Å²) in [5.74, 6) is 0.329. The Labute approximate surface area is 221 Å². The summed E-state index contributed by atoms with van der Waals surface area (Å²) in [5, 5.41) is 4.15. The Morgan fingerprint density at radius 1 is 1.08 bits per heavy atom. The van der Waals surface area contributed by atoms with Crippen LogP contribution in [0.2, 0.25) is 5.02 Å². The maximum atomic E-state index is 13.7. The number of para-hydroxylation sites is 2. The zero-order valence-corrected chi connectivity index (χ0v) is 21.9. The molecule has 0 aromatic heterocycles. The molecule has 2 unspecified atom stereocenters. The highest BCUT2D eigenvalue weighted by molar-refractivity contribution is 8.13. The second-order valence-corrected chi connectivity index (χ2v) is 9.85. The van der Waals surface area contributed by atoms with Crippen LogP contribution in [-0.4, -0.2) is 24.1 Å². The van der Waals surface area contributed by atoms with E-state index in [1.807, 2.05) is 37.3 Å². The van der Waals surface area contributed by atoms with Crippen LogP contribution in [0.15, 0.2) is 89.1 Å². The predicted molar refractivity (Wildman–Crippen MR) is 149 cm³/mol. The number of hydrogen-bond acceptors (Lipinski definition) is 4. The largest absolute Gasteiger partial charge is 0.495 e. The number of methoxy groups -OCH3 is 1. The molecule has 0 radical (unpaired) electrons. The summed E-state index contributed by atoms with van der Waals surface area (Å²) < 4.78 is 5.40. The van der Waals surface area contributed by atoms with Crippen molar-refractivity contribution in [3.8, 4) is 5.75 Å². The third-order valence-electron chi connectivity index (χ3n) is 6.03. The van der Waals surface area contributed by atoms with Crippen LogP contribution >= 0.6 is 23.4 Å². The van der Waals surface area contributed by atoms with E-state index in [0.29, 0.717) is 38.5 Å². The number of carbonyl (C=O) groups is 1. The maximum Gasteiger partial charge on any atom is 0.282 e. The molecule has 3 aromatic carbocycles. The van der Waals surface area contributed by atoms with Gasteiger partial charge in [-0.2, -0.15) is 0 Å². The Morgan fingerprint density at radius 2 is 1.78 bits per heavy atom. The lowest BCUT2D eigenvalue weighted by molar-refractivity contribution is -0.113. The summed E-state index contributed by atoms with van der Waals surface area (Å²) in [4.78, 5) is 22.4. The summed E-state index contributed by atoms with van der Waals surface area (Å²) >= 11 is 8.15. The second kappa shape index (κ2) is 11.5. The van der Waals surface area contributed by atoms with E-state index in [1.54, 1.807) is 25.3 Å². The fourth-order valence-electron chi connectivity index (χ4n) is 4.20. The van der Waals surface area contributed by atoms with Crippen molar-refractivity contribution in [3.63, 3.8) is 0 Å². The molecule has 3 aromatic rings. The number of thioether (sulfide) groups is 1. The van der Waals surface area contributed by atoms with Crippen molar-refractivity contribution < 1.29 is 9.53 Å². The molecular weight excluding hydrogens is 490 g/mol. The number of anilines is 1. The van der Waals surface area contributed by atoms with Gasteiger partial charge in [-0.3, -0.25) is 4.79 Å². The Bertz CT molecular complexity index is 1380. The monoisotopic (exact) mass is 515 g/mol. The minimum Gasteiger partial charge on any atom is -0.495 e. The van der Waals surface area contributed by atoms with Gasteiger partial charge in [0.25, 0.3) is 11.9 Å². The van der Waals surface area contributed by atoms with Crippen LogP contribution in [0.1, 0.15) is 29.5 Å². The second-order valence-electron chi connectivity index (χ2n) is 8.45. The van der Waals surface area contributed by atoms with Crippen molar-refractivity contribution >= 4 is 40.0 Å². The third-order valence-corrected chi connectivity index (χ3v) is 7.48. The Morgan fingerprint density at radius 3 is 2.47 bits per heavy atom. The molecule has 182 valence electrons.